The first-order valence-electron chi connectivity index (χ1n) is 8.88. The van der Waals surface area contributed by atoms with Crippen LogP contribution in [0, 0.1) is 6.92 Å². The van der Waals surface area contributed by atoms with Gasteiger partial charge in [-0.25, -0.2) is 0 Å². The summed E-state index contributed by atoms with van der Waals surface area (Å²) in [6, 6.07) is 14.6. The molecule has 1 heterocycles. The minimum absolute atomic E-state index is 0.0618. The molecular weight excluding hydrogens is 358 g/mol. The number of aromatic nitrogens is 2. The van der Waals surface area contributed by atoms with Crippen molar-refractivity contribution < 1.29 is 18.7 Å². The fourth-order valence-corrected chi connectivity index (χ4v) is 2.57. The maximum atomic E-state index is 12.1. The summed E-state index contributed by atoms with van der Waals surface area (Å²) >= 11 is 0. The number of ether oxygens (including phenoxy) is 1. The van der Waals surface area contributed by atoms with Crippen molar-refractivity contribution in [2.24, 2.45) is 0 Å². The number of carbonyl (C=O) groups is 2. The van der Waals surface area contributed by atoms with Crippen LogP contribution in [-0.2, 0) is 11.3 Å². The lowest BCUT2D eigenvalue weighted by Crippen LogP contribution is -2.23. The van der Waals surface area contributed by atoms with Crippen LogP contribution in [-0.4, -0.2) is 29.0 Å². The van der Waals surface area contributed by atoms with Crippen LogP contribution in [0.2, 0.25) is 0 Å². The van der Waals surface area contributed by atoms with Crippen LogP contribution >= 0.6 is 0 Å². The number of aryl methyl sites for hydroxylation is 1. The smallest absolute Gasteiger partial charge is 0.247 e. The van der Waals surface area contributed by atoms with E-state index in [9.17, 15) is 9.59 Å². The predicted molar refractivity (Wildman–Crippen MR) is 103 cm³/mol. The third-order valence-electron chi connectivity index (χ3n) is 4.17. The molecule has 7 nitrogen and oxygen atoms in total. The predicted octanol–water partition coefficient (Wildman–Crippen LogP) is 3.33. The van der Waals surface area contributed by atoms with Gasteiger partial charge in [-0.15, -0.1) is 10.2 Å². The number of hydrogen-bond acceptors (Lipinski definition) is 6. The lowest BCUT2D eigenvalue weighted by molar-refractivity contribution is -0.121. The Morgan fingerprint density at radius 1 is 1.07 bits per heavy atom. The minimum Gasteiger partial charge on any atom is -0.497 e. The summed E-state index contributed by atoms with van der Waals surface area (Å²) < 4.78 is 10.7. The Bertz CT molecular complexity index is 964. The van der Waals surface area contributed by atoms with Gasteiger partial charge in [-0.3, -0.25) is 9.59 Å². The van der Waals surface area contributed by atoms with Crippen LogP contribution in [0.15, 0.2) is 52.9 Å². The molecule has 0 fully saturated rings. The largest absolute Gasteiger partial charge is 0.497 e. The van der Waals surface area contributed by atoms with E-state index in [0.717, 1.165) is 11.1 Å². The summed E-state index contributed by atoms with van der Waals surface area (Å²) in [5.41, 5.74) is 2.42. The Hall–Kier alpha value is -3.48. The van der Waals surface area contributed by atoms with Crippen molar-refractivity contribution in [1.29, 1.82) is 0 Å². The number of rotatable bonds is 8. The van der Waals surface area contributed by atoms with Crippen molar-refractivity contribution in [3.05, 3.63) is 65.5 Å². The zero-order valence-electron chi connectivity index (χ0n) is 15.8. The van der Waals surface area contributed by atoms with Crippen LogP contribution < -0.4 is 10.1 Å². The van der Waals surface area contributed by atoms with E-state index in [1.807, 2.05) is 37.3 Å². The molecule has 3 rings (SSSR count). The van der Waals surface area contributed by atoms with Crippen LogP contribution in [0.5, 0.6) is 5.75 Å². The lowest BCUT2D eigenvalue weighted by Gasteiger charge is -2.03. The molecule has 0 saturated carbocycles. The molecule has 0 aliphatic carbocycles. The Labute approximate surface area is 162 Å². The van der Waals surface area contributed by atoms with E-state index in [1.165, 1.54) is 0 Å². The van der Waals surface area contributed by atoms with Gasteiger partial charge in [0.2, 0.25) is 17.7 Å². The molecule has 2 aromatic carbocycles. The number of ketones is 1. The first-order valence-corrected chi connectivity index (χ1v) is 8.88. The van der Waals surface area contributed by atoms with Gasteiger partial charge in [-0.05, 0) is 25.1 Å². The number of amides is 1. The highest BCUT2D eigenvalue weighted by Gasteiger charge is 2.12. The van der Waals surface area contributed by atoms with E-state index in [4.69, 9.17) is 9.15 Å². The number of hydrogen-bond donors (Lipinski definition) is 1. The first kappa shape index (κ1) is 19.3. The normalized spacial score (nSPS) is 10.5. The van der Waals surface area contributed by atoms with Gasteiger partial charge in [-0.2, -0.15) is 0 Å². The summed E-state index contributed by atoms with van der Waals surface area (Å²) in [6.45, 7) is 2.06. The Morgan fingerprint density at radius 3 is 2.61 bits per heavy atom. The highest BCUT2D eigenvalue weighted by atomic mass is 16.5. The van der Waals surface area contributed by atoms with Crippen molar-refractivity contribution in [2.75, 3.05) is 7.11 Å². The number of nitrogens with one attached hydrogen (secondary N) is 1. The molecule has 0 spiro atoms. The SMILES string of the molecule is COc1cccc(-c2nnc(CNC(=O)CCC(=O)c3ccc(C)cc3)o2)c1. The number of Topliss-reactive ketones (excluding diaryl/α,β-unsaturated/α-hetero) is 1. The minimum atomic E-state index is -0.249. The molecule has 3 aromatic rings. The van der Waals surface area contributed by atoms with Gasteiger partial charge < -0.3 is 14.5 Å². The molecule has 28 heavy (non-hydrogen) atoms. The van der Waals surface area contributed by atoms with Gasteiger partial charge in [0.1, 0.15) is 5.75 Å². The highest BCUT2D eigenvalue weighted by Crippen LogP contribution is 2.22. The molecule has 0 radical (unpaired) electrons. The number of methoxy groups -OCH3 is 1. The quantitative estimate of drug-likeness (QED) is 0.603. The second-order valence-corrected chi connectivity index (χ2v) is 6.30. The Balaban J connectivity index is 1.49. The van der Waals surface area contributed by atoms with Gasteiger partial charge in [-0.1, -0.05) is 35.9 Å². The van der Waals surface area contributed by atoms with Crippen LogP contribution in [0.4, 0.5) is 0 Å². The van der Waals surface area contributed by atoms with Crippen molar-refractivity contribution in [3.63, 3.8) is 0 Å². The van der Waals surface area contributed by atoms with E-state index < -0.39 is 0 Å². The van der Waals surface area contributed by atoms with Crippen molar-refractivity contribution in [1.82, 2.24) is 15.5 Å². The third kappa shape index (κ3) is 5.03. The summed E-state index contributed by atoms with van der Waals surface area (Å²) in [4.78, 5) is 24.1. The lowest BCUT2D eigenvalue weighted by atomic mass is 10.1. The van der Waals surface area contributed by atoms with Crippen molar-refractivity contribution in [3.8, 4) is 17.2 Å². The van der Waals surface area contributed by atoms with Gasteiger partial charge in [0.15, 0.2) is 5.78 Å². The maximum Gasteiger partial charge on any atom is 0.247 e. The first-order chi connectivity index (χ1) is 13.5. The summed E-state index contributed by atoms with van der Waals surface area (Å²) in [6.07, 6.45) is 0.247. The summed E-state index contributed by atoms with van der Waals surface area (Å²) in [5, 5.41) is 10.6. The molecule has 144 valence electrons. The molecule has 0 atom stereocenters. The van der Waals surface area contributed by atoms with Gasteiger partial charge in [0.05, 0.1) is 13.7 Å². The topological polar surface area (TPSA) is 94.3 Å². The highest BCUT2D eigenvalue weighted by molar-refractivity contribution is 5.97. The molecule has 0 saturated heterocycles. The zero-order chi connectivity index (χ0) is 19.9. The molecule has 0 aliphatic rings. The number of carbonyl (C=O) groups excluding carboxylic acids is 2. The monoisotopic (exact) mass is 379 g/mol. The molecule has 7 heteroatoms. The van der Waals surface area contributed by atoms with E-state index in [0.29, 0.717) is 17.2 Å². The third-order valence-corrected chi connectivity index (χ3v) is 4.17. The standard InChI is InChI=1S/C21H21N3O4/c1-14-6-8-15(9-7-14)18(25)10-11-19(26)22-13-20-23-24-21(28-20)16-4-3-5-17(12-16)27-2/h3-9,12H,10-11,13H2,1-2H3,(H,22,26). The molecule has 0 aliphatic heterocycles. The molecule has 1 aromatic heterocycles. The maximum absolute atomic E-state index is 12.1. The fraction of sp³-hybridized carbons (Fsp3) is 0.238. The molecule has 1 amide bonds. The Morgan fingerprint density at radius 2 is 1.86 bits per heavy atom. The van der Waals surface area contributed by atoms with Crippen LogP contribution in [0.3, 0.4) is 0 Å². The molecule has 0 bridgehead atoms. The van der Waals surface area contributed by atoms with Crippen LogP contribution in [0.25, 0.3) is 11.5 Å². The summed E-state index contributed by atoms with van der Waals surface area (Å²) in [7, 11) is 1.58. The van der Waals surface area contributed by atoms with Crippen molar-refractivity contribution in [2.45, 2.75) is 26.3 Å². The van der Waals surface area contributed by atoms with E-state index in [2.05, 4.69) is 15.5 Å². The van der Waals surface area contributed by atoms with Gasteiger partial charge >= 0.3 is 0 Å². The van der Waals surface area contributed by atoms with Gasteiger partial charge in [0, 0.05) is 24.0 Å². The average molecular weight is 379 g/mol. The Kier molecular flexibility index (Phi) is 6.16. The zero-order valence-corrected chi connectivity index (χ0v) is 15.8. The number of benzene rings is 2. The van der Waals surface area contributed by atoms with Crippen LogP contribution in [0.1, 0.15) is 34.7 Å². The molecule has 0 unspecified atom stereocenters. The summed E-state index contributed by atoms with van der Waals surface area (Å²) in [5.74, 6) is 1.01. The molecule has 1 N–H and O–H groups in total. The average Bonchev–Trinajstić information content (AvgIpc) is 3.20. The molecular formula is C21H21N3O4. The second-order valence-electron chi connectivity index (χ2n) is 6.30. The number of nitrogens with zero attached hydrogens (tertiary/aromatic N) is 2. The van der Waals surface area contributed by atoms with Gasteiger partial charge in [0.25, 0.3) is 0 Å². The van der Waals surface area contributed by atoms with Crippen molar-refractivity contribution >= 4 is 11.7 Å². The van der Waals surface area contributed by atoms with E-state index in [-0.39, 0.29) is 37.0 Å². The fourth-order valence-electron chi connectivity index (χ4n) is 2.57. The van der Waals surface area contributed by atoms with E-state index in [1.54, 1.807) is 25.3 Å². The van der Waals surface area contributed by atoms with E-state index >= 15 is 0 Å². The second kappa shape index (κ2) is 8.94.